The van der Waals surface area contributed by atoms with Gasteiger partial charge in [-0.1, -0.05) is 60.7 Å². The highest BCUT2D eigenvalue weighted by Crippen LogP contribution is 2.32. The zero-order valence-corrected chi connectivity index (χ0v) is 13.3. The molecule has 0 aliphatic heterocycles. The molecular weight excluding hydrogens is 302 g/mol. The number of carbonyl (C=O) groups is 1. The maximum atomic E-state index is 10.6. The highest BCUT2D eigenvalue weighted by molar-refractivity contribution is 5.76. The van der Waals surface area contributed by atoms with Crippen LogP contribution in [-0.4, -0.2) is 16.1 Å². The van der Waals surface area contributed by atoms with Crippen molar-refractivity contribution in [1.82, 2.24) is 4.98 Å². The average molecular weight is 321 g/mol. The maximum absolute atomic E-state index is 10.6. The van der Waals surface area contributed by atoms with E-state index in [0.717, 1.165) is 29.0 Å². The lowest BCUT2D eigenvalue weighted by molar-refractivity contribution is -0.137. The quantitative estimate of drug-likeness (QED) is 0.635. The van der Waals surface area contributed by atoms with Crippen LogP contribution in [-0.2, 0) is 11.2 Å². The zero-order chi connectivity index (χ0) is 16.8. The Morgan fingerprint density at radius 2 is 1.54 bits per heavy atom. The van der Waals surface area contributed by atoms with Crippen LogP contribution < -0.4 is 0 Å². The van der Waals surface area contributed by atoms with Crippen molar-refractivity contribution in [3.8, 4) is 22.6 Å². The molecule has 0 amide bonds. The summed E-state index contributed by atoms with van der Waals surface area (Å²) < 4.78 is 6.00. The summed E-state index contributed by atoms with van der Waals surface area (Å²) in [5.41, 5.74) is 2.83. The van der Waals surface area contributed by atoms with Gasteiger partial charge in [0.25, 0.3) is 0 Å². The minimum atomic E-state index is -0.766. The number of nitrogens with zero attached hydrogens (tertiary/aromatic N) is 1. The van der Waals surface area contributed by atoms with Crippen molar-refractivity contribution in [2.45, 2.75) is 25.7 Å². The van der Waals surface area contributed by atoms with Crippen molar-refractivity contribution in [1.29, 1.82) is 0 Å². The van der Waals surface area contributed by atoms with Crippen molar-refractivity contribution in [2.24, 2.45) is 0 Å². The largest absolute Gasteiger partial charge is 0.481 e. The summed E-state index contributed by atoms with van der Waals surface area (Å²) in [6.07, 6.45) is 2.19. The Morgan fingerprint density at radius 1 is 0.917 bits per heavy atom. The second-order valence-corrected chi connectivity index (χ2v) is 5.62. The number of aliphatic carboxylic acids is 1. The second kappa shape index (κ2) is 7.59. The van der Waals surface area contributed by atoms with Crippen LogP contribution in [0, 0.1) is 0 Å². The van der Waals surface area contributed by atoms with Crippen LogP contribution in [0.1, 0.15) is 25.2 Å². The van der Waals surface area contributed by atoms with Crippen LogP contribution in [0.25, 0.3) is 22.6 Å². The summed E-state index contributed by atoms with van der Waals surface area (Å²) >= 11 is 0. The lowest BCUT2D eigenvalue weighted by Crippen LogP contribution is -1.95. The minimum absolute atomic E-state index is 0.178. The fourth-order valence-corrected chi connectivity index (χ4v) is 2.60. The molecule has 0 aliphatic carbocycles. The van der Waals surface area contributed by atoms with Gasteiger partial charge in [-0.15, -0.1) is 0 Å². The van der Waals surface area contributed by atoms with Crippen molar-refractivity contribution >= 4 is 5.97 Å². The molecule has 122 valence electrons. The third-order valence-electron chi connectivity index (χ3n) is 3.79. The van der Waals surface area contributed by atoms with Gasteiger partial charge in [0.15, 0.2) is 11.7 Å². The molecule has 0 bridgehead atoms. The smallest absolute Gasteiger partial charge is 0.303 e. The SMILES string of the molecule is O=C(O)CCCCc1nc(-c2ccccc2)c(-c2ccccc2)o1. The Bertz CT molecular complexity index is 737. The fraction of sp³-hybridized carbons (Fsp3) is 0.200. The Labute approximate surface area is 140 Å². The predicted molar refractivity (Wildman–Crippen MR) is 92.6 cm³/mol. The van der Waals surface area contributed by atoms with E-state index >= 15 is 0 Å². The van der Waals surface area contributed by atoms with E-state index in [4.69, 9.17) is 9.52 Å². The van der Waals surface area contributed by atoms with Gasteiger partial charge in [-0.2, -0.15) is 0 Å². The van der Waals surface area contributed by atoms with Crippen LogP contribution in [0.2, 0.25) is 0 Å². The number of unbranched alkanes of at least 4 members (excludes halogenated alkanes) is 1. The van der Waals surface area contributed by atoms with E-state index in [2.05, 4.69) is 4.98 Å². The maximum Gasteiger partial charge on any atom is 0.303 e. The number of hydrogen-bond donors (Lipinski definition) is 1. The Kier molecular flexibility index (Phi) is 5.06. The lowest BCUT2D eigenvalue weighted by atomic mass is 10.1. The molecule has 0 radical (unpaired) electrons. The molecule has 4 heteroatoms. The lowest BCUT2D eigenvalue weighted by Gasteiger charge is -2.00. The molecule has 3 rings (SSSR count). The van der Waals surface area contributed by atoms with E-state index in [9.17, 15) is 4.79 Å². The first kappa shape index (κ1) is 16.0. The van der Waals surface area contributed by atoms with Crippen LogP contribution in [0.4, 0.5) is 0 Å². The van der Waals surface area contributed by atoms with E-state index in [1.807, 2.05) is 60.7 Å². The summed E-state index contributed by atoms with van der Waals surface area (Å²) in [4.78, 5) is 15.3. The van der Waals surface area contributed by atoms with Gasteiger partial charge in [0.05, 0.1) is 0 Å². The van der Waals surface area contributed by atoms with Gasteiger partial charge in [-0.05, 0) is 12.8 Å². The number of hydrogen-bond acceptors (Lipinski definition) is 3. The van der Waals surface area contributed by atoms with Crippen LogP contribution in [0.3, 0.4) is 0 Å². The first-order chi connectivity index (χ1) is 11.7. The minimum Gasteiger partial charge on any atom is -0.481 e. The fourth-order valence-electron chi connectivity index (χ4n) is 2.60. The topological polar surface area (TPSA) is 63.3 Å². The molecule has 2 aromatic carbocycles. The molecule has 0 fully saturated rings. The van der Waals surface area contributed by atoms with E-state index in [1.54, 1.807) is 0 Å². The molecule has 24 heavy (non-hydrogen) atoms. The molecule has 0 spiro atoms. The molecule has 0 aliphatic rings. The molecule has 4 nitrogen and oxygen atoms in total. The number of aryl methyl sites for hydroxylation is 1. The van der Waals surface area contributed by atoms with Crippen molar-refractivity contribution in [3.63, 3.8) is 0 Å². The number of rotatable bonds is 7. The Balaban J connectivity index is 1.87. The van der Waals surface area contributed by atoms with Crippen LogP contribution >= 0.6 is 0 Å². The normalized spacial score (nSPS) is 10.7. The molecule has 1 N–H and O–H groups in total. The number of carboxylic acid groups (broad SMARTS) is 1. The first-order valence-corrected chi connectivity index (χ1v) is 8.06. The van der Waals surface area contributed by atoms with Gasteiger partial charge in [0.2, 0.25) is 0 Å². The van der Waals surface area contributed by atoms with Gasteiger partial charge in [-0.25, -0.2) is 4.98 Å². The van der Waals surface area contributed by atoms with Gasteiger partial charge in [0.1, 0.15) is 5.69 Å². The van der Waals surface area contributed by atoms with Crippen molar-refractivity contribution in [3.05, 3.63) is 66.6 Å². The number of aromatic nitrogens is 1. The van der Waals surface area contributed by atoms with Crippen molar-refractivity contribution < 1.29 is 14.3 Å². The third-order valence-corrected chi connectivity index (χ3v) is 3.79. The van der Waals surface area contributed by atoms with Gasteiger partial charge >= 0.3 is 5.97 Å². The van der Waals surface area contributed by atoms with Crippen LogP contribution in [0.5, 0.6) is 0 Å². The van der Waals surface area contributed by atoms with Crippen molar-refractivity contribution in [2.75, 3.05) is 0 Å². The summed E-state index contributed by atoms with van der Waals surface area (Å²) in [6, 6.07) is 19.9. The van der Waals surface area contributed by atoms with Gasteiger partial charge in [-0.3, -0.25) is 4.79 Å². The van der Waals surface area contributed by atoms with E-state index in [0.29, 0.717) is 18.7 Å². The van der Waals surface area contributed by atoms with E-state index in [-0.39, 0.29) is 6.42 Å². The second-order valence-electron chi connectivity index (χ2n) is 5.62. The summed E-state index contributed by atoms with van der Waals surface area (Å²) in [5.74, 6) is 0.644. The molecule has 0 saturated heterocycles. The highest BCUT2D eigenvalue weighted by Gasteiger charge is 2.16. The average Bonchev–Trinajstić information content (AvgIpc) is 3.04. The molecule has 1 heterocycles. The Morgan fingerprint density at radius 3 is 2.17 bits per heavy atom. The number of benzene rings is 2. The molecule has 0 unspecified atom stereocenters. The van der Waals surface area contributed by atoms with Gasteiger partial charge < -0.3 is 9.52 Å². The van der Waals surface area contributed by atoms with E-state index in [1.165, 1.54) is 0 Å². The van der Waals surface area contributed by atoms with Crippen LogP contribution in [0.15, 0.2) is 65.1 Å². The predicted octanol–water partition coefficient (Wildman–Crippen LogP) is 4.81. The monoisotopic (exact) mass is 321 g/mol. The zero-order valence-electron chi connectivity index (χ0n) is 13.3. The summed E-state index contributed by atoms with van der Waals surface area (Å²) in [7, 11) is 0. The molecule has 0 saturated carbocycles. The van der Waals surface area contributed by atoms with E-state index < -0.39 is 5.97 Å². The highest BCUT2D eigenvalue weighted by atomic mass is 16.4. The number of carboxylic acids is 1. The third kappa shape index (κ3) is 3.90. The summed E-state index contributed by atoms with van der Waals surface area (Å²) in [5, 5.41) is 8.72. The first-order valence-electron chi connectivity index (χ1n) is 8.06. The molecule has 1 aromatic heterocycles. The number of oxazole rings is 1. The Hall–Kier alpha value is -2.88. The standard InChI is InChI=1S/C20H19NO3/c22-18(23)14-8-7-13-17-21-19(15-9-3-1-4-10-15)20(24-17)16-11-5-2-6-12-16/h1-6,9-12H,7-8,13-14H2,(H,22,23). The molecule has 3 aromatic rings. The molecule has 0 atom stereocenters. The molecular formula is C20H19NO3. The van der Waals surface area contributed by atoms with Gasteiger partial charge in [0, 0.05) is 24.0 Å². The summed E-state index contributed by atoms with van der Waals surface area (Å²) in [6.45, 7) is 0.